The molecule has 9 nitrogen and oxygen atoms in total. The number of aromatic nitrogens is 3. The molecule has 0 saturated heterocycles. The zero-order valence-electron chi connectivity index (χ0n) is 18.8. The molecule has 0 aliphatic rings. The summed E-state index contributed by atoms with van der Waals surface area (Å²) in [6, 6.07) is 15.2. The Morgan fingerprint density at radius 1 is 1.12 bits per heavy atom. The number of nitro benzene ring substituents is 1. The molecule has 33 heavy (non-hydrogen) atoms. The summed E-state index contributed by atoms with van der Waals surface area (Å²) in [6.45, 7) is 7.08. The van der Waals surface area contributed by atoms with Crippen molar-refractivity contribution in [3.8, 4) is 5.75 Å². The van der Waals surface area contributed by atoms with Gasteiger partial charge >= 0.3 is 0 Å². The number of nitro groups is 1. The molecule has 0 bridgehead atoms. The number of para-hydroxylation sites is 1. The van der Waals surface area contributed by atoms with Crippen LogP contribution in [0.15, 0.2) is 59.8 Å². The van der Waals surface area contributed by atoms with Crippen LogP contribution in [0, 0.1) is 16.0 Å². The number of hydrogen-bond acceptors (Lipinski definition) is 7. The molecule has 1 heterocycles. The van der Waals surface area contributed by atoms with Crippen molar-refractivity contribution in [1.29, 1.82) is 0 Å². The van der Waals surface area contributed by atoms with Crippen molar-refractivity contribution in [1.82, 2.24) is 14.8 Å². The molecule has 1 atom stereocenters. The van der Waals surface area contributed by atoms with Gasteiger partial charge in [0.1, 0.15) is 12.4 Å². The molecule has 3 aromatic rings. The molecule has 2 aromatic carbocycles. The second-order valence-corrected chi connectivity index (χ2v) is 9.20. The van der Waals surface area contributed by atoms with E-state index in [9.17, 15) is 14.9 Å². The third kappa shape index (κ3) is 7.04. The zero-order chi connectivity index (χ0) is 23.8. The Morgan fingerprint density at radius 3 is 2.45 bits per heavy atom. The minimum atomic E-state index is -0.479. The highest BCUT2D eigenvalue weighted by Gasteiger charge is 2.21. The van der Waals surface area contributed by atoms with Crippen molar-refractivity contribution in [3.63, 3.8) is 0 Å². The van der Waals surface area contributed by atoms with Crippen molar-refractivity contribution in [2.45, 2.75) is 50.8 Å². The molecule has 1 N–H and O–H groups in total. The van der Waals surface area contributed by atoms with Gasteiger partial charge in [-0.3, -0.25) is 14.9 Å². The second-order valence-electron chi connectivity index (χ2n) is 7.89. The van der Waals surface area contributed by atoms with E-state index in [0.29, 0.717) is 22.6 Å². The van der Waals surface area contributed by atoms with Gasteiger partial charge in [0.25, 0.3) is 5.69 Å². The Bertz CT molecular complexity index is 1070. The first-order valence-electron chi connectivity index (χ1n) is 10.7. The molecule has 1 unspecified atom stereocenters. The lowest BCUT2D eigenvalue weighted by atomic mass is 10.1. The molecule has 1 aromatic heterocycles. The van der Waals surface area contributed by atoms with Crippen LogP contribution in [0.4, 0.5) is 11.4 Å². The van der Waals surface area contributed by atoms with Gasteiger partial charge in [-0.25, -0.2) is 0 Å². The van der Waals surface area contributed by atoms with E-state index in [2.05, 4.69) is 29.4 Å². The van der Waals surface area contributed by atoms with Crippen LogP contribution in [0.5, 0.6) is 5.75 Å². The fourth-order valence-corrected chi connectivity index (χ4v) is 3.81. The fraction of sp³-hybridized carbons (Fsp3) is 0.348. The van der Waals surface area contributed by atoms with E-state index in [4.69, 9.17) is 4.74 Å². The van der Waals surface area contributed by atoms with Crippen LogP contribution in [0.25, 0.3) is 0 Å². The van der Waals surface area contributed by atoms with Gasteiger partial charge in [0.2, 0.25) is 5.91 Å². The quantitative estimate of drug-likeness (QED) is 0.241. The number of benzene rings is 2. The summed E-state index contributed by atoms with van der Waals surface area (Å²) in [5, 5.41) is 22.4. The largest absolute Gasteiger partial charge is 0.486 e. The van der Waals surface area contributed by atoms with Crippen molar-refractivity contribution >= 4 is 29.0 Å². The van der Waals surface area contributed by atoms with Gasteiger partial charge in [-0.05, 0) is 43.5 Å². The van der Waals surface area contributed by atoms with Gasteiger partial charge in [-0.15, -0.1) is 10.2 Å². The Balaban J connectivity index is 1.67. The summed E-state index contributed by atoms with van der Waals surface area (Å²) in [4.78, 5) is 23.0. The van der Waals surface area contributed by atoms with Gasteiger partial charge in [0, 0.05) is 24.4 Å². The van der Waals surface area contributed by atoms with E-state index in [1.165, 1.54) is 36.0 Å². The number of ether oxygens (including phenoxy) is 1. The number of non-ortho nitro benzene ring substituents is 1. The summed E-state index contributed by atoms with van der Waals surface area (Å²) in [5.74, 6) is 1.72. The SMILES string of the molecule is CC(C)CCn1c(COc2ccccc2)nnc1SC(C)C(=O)Nc1ccc([N+](=O)[O-])cc1. The van der Waals surface area contributed by atoms with Crippen LogP contribution in [0.1, 0.15) is 33.0 Å². The molecule has 1 amide bonds. The smallest absolute Gasteiger partial charge is 0.269 e. The highest BCUT2D eigenvalue weighted by Crippen LogP contribution is 2.25. The summed E-state index contributed by atoms with van der Waals surface area (Å²) in [6.07, 6.45) is 0.938. The molecule has 0 spiro atoms. The van der Waals surface area contributed by atoms with Crippen molar-refractivity contribution < 1.29 is 14.5 Å². The number of nitrogens with zero attached hydrogens (tertiary/aromatic N) is 4. The Hall–Kier alpha value is -3.40. The predicted octanol–water partition coefficient (Wildman–Crippen LogP) is 4.93. The number of anilines is 1. The highest BCUT2D eigenvalue weighted by atomic mass is 32.2. The van der Waals surface area contributed by atoms with Crippen molar-refractivity contribution in [2.24, 2.45) is 5.92 Å². The molecular formula is C23H27N5O4S. The third-order valence-electron chi connectivity index (χ3n) is 4.83. The highest BCUT2D eigenvalue weighted by molar-refractivity contribution is 8.00. The van der Waals surface area contributed by atoms with E-state index in [1.807, 2.05) is 34.9 Å². The minimum absolute atomic E-state index is 0.0288. The van der Waals surface area contributed by atoms with Crippen LogP contribution in [-0.4, -0.2) is 30.8 Å². The van der Waals surface area contributed by atoms with Gasteiger partial charge in [-0.1, -0.05) is 43.8 Å². The zero-order valence-corrected chi connectivity index (χ0v) is 19.6. The maximum atomic E-state index is 12.7. The normalized spacial score (nSPS) is 11.9. The van der Waals surface area contributed by atoms with Gasteiger partial charge in [0.15, 0.2) is 11.0 Å². The number of amides is 1. The topological polar surface area (TPSA) is 112 Å². The Kier molecular flexibility index (Phi) is 8.42. The molecule has 174 valence electrons. The lowest BCUT2D eigenvalue weighted by molar-refractivity contribution is -0.384. The first-order chi connectivity index (χ1) is 15.8. The summed E-state index contributed by atoms with van der Waals surface area (Å²) in [5.41, 5.74) is 0.468. The van der Waals surface area contributed by atoms with Crippen molar-refractivity contribution in [2.75, 3.05) is 5.32 Å². The van der Waals surface area contributed by atoms with Crippen LogP contribution >= 0.6 is 11.8 Å². The number of rotatable bonds is 11. The number of nitrogens with one attached hydrogen (secondary N) is 1. The average Bonchev–Trinajstić information content (AvgIpc) is 3.18. The standard InChI is InChI=1S/C23H27N5O4S/c1-16(2)13-14-27-21(15-32-20-7-5-4-6-8-20)25-26-23(27)33-17(3)22(29)24-18-9-11-19(12-10-18)28(30)31/h4-12,16-17H,13-15H2,1-3H3,(H,24,29). The minimum Gasteiger partial charge on any atom is -0.486 e. The Morgan fingerprint density at radius 2 is 1.82 bits per heavy atom. The van der Waals surface area contributed by atoms with E-state index in [-0.39, 0.29) is 18.2 Å². The van der Waals surface area contributed by atoms with Crippen LogP contribution in [0.2, 0.25) is 0 Å². The Labute approximate surface area is 196 Å². The van der Waals surface area contributed by atoms with Crippen molar-refractivity contribution in [3.05, 3.63) is 70.5 Å². The second kappa shape index (κ2) is 11.5. The molecule has 0 saturated carbocycles. The lowest BCUT2D eigenvalue weighted by Gasteiger charge is -2.15. The first-order valence-corrected chi connectivity index (χ1v) is 11.5. The monoisotopic (exact) mass is 469 g/mol. The third-order valence-corrected chi connectivity index (χ3v) is 5.91. The number of thioether (sulfide) groups is 1. The fourth-order valence-electron chi connectivity index (χ4n) is 2.91. The van der Waals surface area contributed by atoms with Gasteiger partial charge < -0.3 is 14.6 Å². The molecule has 0 radical (unpaired) electrons. The molecule has 0 fully saturated rings. The van der Waals surface area contributed by atoms with Crippen LogP contribution in [-0.2, 0) is 17.9 Å². The van der Waals surface area contributed by atoms with Crippen LogP contribution < -0.4 is 10.1 Å². The molecule has 10 heteroatoms. The molecule has 3 rings (SSSR count). The van der Waals surface area contributed by atoms with Gasteiger partial charge in [0.05, 0.1) is 10.2 Å². The maximum absolute atomic E-state index is 12.7. The summed E-state index contributed by atoms with van der Waals surface area (Å²) >= 11 is 1.31. The van der Waals surface area contributed by atoms with E-state index < -0.39 is 10.2 Å². The molecular weight excluding hydrogens is 442 g/mol. The average molecular weight is 470 g/mol. The molecule has 0 aliphatic heterocycles. The maximum Gasteiger partial charge on any atom is 0.269 e. The van der Waals surface area contributed by atoms with E-state index in [1.54, 1.807) is 6.92 Å². The summed E-state index contributed by atoms with van der Waals surface area (Å²) in [7, 11) is 0. The van der Waals surface area contributed by atoms with Gasteiger partial charge in [-0.2, -0.15) is 0 Å². The van der Waals surface area contributed by atoms with Crippen LogP contribution in [0.3, 0.4) is 0 Å². The summed E-state index contributed by atoms with van der Waals surface area (Å²) < 4.78 is 7.85. The predicted molar refractivity (Wildman–Crippen MR) is 127 cm³/mol. The van der Waals surface area contributed by atoms with E-state index >= 15 is 0 Å². The number of hydrogen-bond donors (Lipinski definition) is 1. The number of carbonyl (C=O) groups excluding carboxylic acids is 1. The number of carbonyl (C=O) groups is 1. The lowest BCUT2D eigenvalue weighted by Crippen LogP contribution is -2.23. The molecule has 0 aliphatic carbocycles. The van der Waals surface area contributed by atoms with E-state index in [0.717, 1.165) is 18.7 Å². The first kappa shape index (κ1) is 24.2.